The van der Waals surface area contributed by atoms with Crippen LogP contribution < -0.4 is 4.90 Å². The van der Waals surface area contributed by atoms with Crippen molar-refractivity contribution in [1.29, 1.82) is 0 Å². The van der Waals surface area contributed by atoms with Crippen molar-refractivity contribution in [2.75, 3.05) is 18.0 Å². The van der Waals surface area contributed by atoms with Gasteiger partial charge in [0.25, 0.3) is 0 Å². The van der Waals surface area contributed by atoms with Crippen molar-refractivity contribution in [2.24, 2.45) is 11.8 Å². The average molecular weight is 279 g/mol. The van der Waals surface area contributed by atoms with E-state index in [2.05, 4.69) is 41.3 Å². The SMILES string of the molecule is Oc1ccc2c(c1)CC1CC(Cc3ccccc3)CN2C1. The highest BCUT2D eigenvalue weighted by Crippen LogP contribution is 2.39. The molecule has 0 spiro atoms. The van der Waals surface area contributed by atoms with Gasteiger partial charge in [-0.1, -0.05) is 30.3 Å². The highest BCUT2D eigenvalue weighted by molar-refractivity contribution is 5.58. The van der Waals surface area contributed by atoms with E-state index < -0.39 is 0 Å². The molecular formula is C19H21NO. The normalized spacial score (nSPS) is 23.7. The lowest BCUT2D eigenvalue weighted by Gasteiger charge is -2.44. The van der Waals surface area contributed by atoms with Gasteiger partial charge in [0.05, 0.1) is 0 Å². The lowest BCUT2D eigenvalue weighted by atomic mass is 9.79. The number of aromatic hydroxyl groups is 1. The molecule has 0 amide bonds. The van der Waals surface area contributed by atoms with Crippen LogP contribution >= 0.6 is 0 Å². The minimum absolute atomic E-state index is 0.399. The zero-order valence-corrected chi connectivity index (χ0v) is 12.2. The summed E-state index contributed by atoms with van der Waals surface area (Å²) in [5.74, 6) is 1.88. The van der Waals surface area contributed by atoms with Crippen molar-refractivity contribution in [3.05, 3.63) is 59.7 Å². The summed E-state index contributed by atoms with van der Waals surface area (Å²) in [6.07, 6.45) is 3.60. The average Bonchev–Trinajstić information content (AvgIpc) is 2.47. The molecule has 21 heavy (non-hydrogen) atoms. The molecule has 0 aliphatic carbocycles. The molecule has 108 valence electrons. The Hall–Kier alpha value is -1.96. The van der Waals surface area contributed by atoms with Crippen LogP contribution in [0.25, 0.3) is 0 Å². The highest BCUT2D eigenvalue weighted by Gasteiger charge is 2.32. The van der Waals surface area contributed by atoms with Gasteiger partial charge in [0.1, 0.15) is 5.75 Å². The Kier molecular flexibility index (Phi) is 3.10. The predicted molar refractivity (Wildman–Crippen MR) is 85.8 cm³/mol. The predicted octanol–water partition coefficient (Wildman–Crippen LogP) is 3.63. The van der Waals surface area contributed by atoms with Gasteiger partial charge >= 0.3 is 0 Å². The van der Waals surface area contributed by atoms with Gasteiger partial charge in [0, 0.05) is 18.8 Å². The summed E-state index contributed by atoms with van der Waals surface area (Å²) in [5, 5.41) is 9.68. The lowest BCUT2D eigenvalue weighted by molar-refractivity contribution is 0.303. The molecule has 0 saturated carbocycles. The van der Waals surface area contributed by atoms with Gasteiger partial charge in [-0.2, -0.15) is 0 Å². The minimum Gasteiger partial charge on any atom is -0.508 e. The van der Waals surface area contributed by atoms with Crippen LogP contribution in [0.1, 0.15) is 17.5 Å². The van der Waals surface area contributed by atoms with E-state index in [1.54, 1.807) is 0 Å². The van der Waals surface area contributed by atoms with Crippen LogP contribution in [0.15, 0.2) is 48.5 Å². The fourth-order valence-electron chi connectivity index (χ4n) is 4.11. The second kappa shape index (κ2) is 5.10. The van der Waals surface area contributed by atoms with Crippen LogP contribution in [0, 0.1) is 11.8 Å². The zero-order chi connectivity index (χ0) is 14.2. The standard InChI is InChI=1S/C19H21NO/c21-18-6-7-19-17(11-18)10-16-9-15(12-20(19)13-16)8-14-4-2-1-3-5-14/h1-7,11,15-16,21H,8-10,12-13H2. The van der Waals surface area contributed by atoms with Crippen LogP contribution in [-0.4, -0.2) is 18.2 Å². The molecule has 1 N–H and O–H groups in total. The summed E-state index contributed by atoms with van der Waals surface area (Å²) in [6.45, 7) is 2.33. The first-order chi connectivity index (χ1) is 10.3. The van der Waals surface area contributed by atoms with Gasteiger partial charge in [-0.15, -0.1) is 0 Å². The van der Waals surface area contributed by atoms with Crippen molar-refractivity contribution in [2.45, 2.75) is 19.3 Å². The van der Waals surface area contributed by atoms with E-state index in [0.29, 0.717) is 5.75 Å². The Morgan fingerprint density at radius 3 is 2.76 bits per heavy atom. The molecule has 2 unspecified atom stereocenters. The molecule has 0 radical (unpaired) electrons. The molecule has 2 aliphatic heterocycles. The number of rotatable bonds is 2. The first-order valence-electron chi connectivity index (χ1n) is 7.88. The number of piperidine rings is 1. The molecule has 1 fully saturated rings. The van der Waals surface area contributed by atoms with Crippen molar-refractivity contribution in [1.82, 2.24) is 0 Å². The van der Waals surface area contributed by atoms with E-state index >= 15 is 0 Å². The van der Waals surface area contributed by atoms with E-state index in [9.17, 15) is 5.11 Å². The van der Waals surface area contributed by atoms with Crippen molar-refractivity contribution >= 4 is 5.69 Å². The van der Waals surface area contributed by atoms with Crippen molar-refractivity contribution in [3.63, 3.8) is 0 Å². The Balaban J connectivity index is 1.55. The smallest absolute Gasteiger partial charge is 0.116 e. The molecule has 2 atom stereocenters. The zero-order valence-electron chi connectivity index (χ0n) is 12.2. The number of phenols is 1. The van der Waals surface area contributed by atoms with Gasteiger partial charge < -0.3 is 10.0 Å². The van der Waals surface area contributed by atoms with Gasteiger partial charge in [-0.05, 0) is 60.4 Å². The van der Waals surface area contributed by atoms with Gasteiger partial charge in [0.2, 0.25) is 0 Å². The van der Waals surface area contributed by atoms with E-state index in [-0.39, 0.29) is 0 Å². The fourth-order valence-corrected chi connectivity index (χ4v) is 4.11. The summed E-state index contributed by atoms with van der Waals surface area (Å²) in [5.41, 5.74) is 4.11. The summed E-state index contributed by atoms with van der Waals surface area (Å²) in [7, 11) is 0. The van der Waals surface area contributed by atoms with Gasteiger partial charge in [-0.3, -0.25) is 0 Å². The third kappa shape index (κ3) is 2.51. The largest absolute Gasteiger partial charge is 0.508 e. The summed E-state index contributed by atoms with van der Waals surface area (Å²) >= 11 is 0. The maximum atomic E-state index is 9.68. The molecule has 2 aromatic rings. The topological polar surface area (TPSA) is 23.5 Å². The summed E-state index contributed by atoms with van der Waals surface area (Å²) in [6, 6.07) is 16.7. The third-order valence-corrected chi connectivity index (χ3v) is 4.90. The maximum absolute atomic E-state index is 9.68. The Morgan fingerprint density at radius 1 is 1.05 bits per heavy atom. The van der Waals surface area contributed by atoms with Crippen LogP contribution in [-0.2, 0) is 12.8 Å². The lowest BCUT2D eigenvalue weighted by Crippen LogP contribution is -2.45. The number of fused-ring (bicyclic) bond motifs is 4. The quantitative estimate of drug-likeness (QED) is 0.907. The summed E-state index contributed by atoms with van der Waals surface area (Å²) in [4.78, 5) is 2.53. The second-order valence-corrected chi connectivity index (χ2v) is 6.58. The first-order valence-corrected chi connectivity index (χ1v) is 7.88. The number of hydrogen-bond donors (Lipinski definition) is 1. The Labute approximate surface area is 126 Å². The van der Waals surface area contributed by atoms with E-state index in [1.165, 1.54) is 36.2 Å². The third-order valence-electron chi connectivity index (χ3n) is 4.90. The fraction of sp³-hybridized carbons (Fsp3) is 0.368. The van der Waals surface area contributed by atoms with Crippen molar-refractivity contribution < 1.29 is 5.11 Å². The molecule has 1 saturated heterocycles. The van der Waals surface area contributed by atoms with Gasteiger partial charge in [0.15, 0.2) is 0 Å². The van der Waals surface area contributed by atoms with Crippen LogP contribution in [0.4, 0.5) is 5.69 Å². The van der Waals surface area contributed by atoms with E-state index in [4.69, 9.17) is 0 Å². The van der Waals surface area contributed by atoms with Crippen LogP contribution in [0.2, 0.25) is 0 Å². The molecule has 2 nitrogen and oxygen atoms in total. The maximum Gasteiger partial charge on any atom is 0.116 e. The van der Waals surface area contributed by atoms with Crippen molar-refractivity contribution in [3.8, 4) is 5.75 Å². The summed E-state index contributed by atoms with van der Waals surface area (Å²) < 4.78 is 0. The molecule has 0 aromatic heterocycles. The number of nitrogens with zero attached hydrogens (tertiary/aromatic N) is 1. The number of phenolic OH excluding ortho intramolecular Hbond substituents is 1. The monoisotopic (exact) mass is 279 g/mol. The van der Waals surface area contributed by atoms with E-state index in [1.807, 2.05) is 12.1 Å². The molecule has 4 rings (SSSR count). The number of benzene rings is 2. The van der Waals surface area contributed by atoms with E-state index in [0.717, 1.165) is 24.8 Å². The Morgan fingerprint density at radius 2 is 1.90 bits per heavy atom. The van der Waals surface area contributed by atoms with Crippen LogP contribution in [0.5, 0.6) is 5.75 Å². The minimum atomic E-state index is 0.399. The molecule has 2 bridgehead atoms. The number of hydrogen-bond acceptors (Lipinski definition) is 2. The number of anilines is 1. The molecule has 2 aliphatic rings. The Bertz CT molecular complexity index is 637. The second-order valence-electron chi connectivity index (χ2n) is 6.58. The molecule has 2 aromatic carbocycles. The molecular weight excluding hydrogens is 258 g/mol. The van der Waals surface area contributed by atoms with Crippen LogP contribution in [0.3, 0.4) is 0 Å². The molecule has 2 heterocycles. The first kappa shape index (κ1) is 12.8. The highest BCUT2D eigenvalue weighted by atomic mass is 16.3. The van der Waals surface area contributed by atoms with Gasteiger partial charge in [-0.25, -0.2) is 0 Å². The molecule has 2 heteroatoms.